The molecule has 1 aromatic carbocycles. The van der Waals surface area contributed by atoms with Gasteiger partial charge in [-0.2, -0.15) is 0 Å². The zero-order valence-electron chi connectivity index (χ0n) is 13.5. The van der Waals surface area contributed by atoms with Gasteiger partial charge in [0.2, 0.25) is 0 Å². The molecule has 0 aromatic heterocycles. The van der Waals surface area contributed by atoms with Crippen molar-refractivity contribution in [3.05, 3.63) is 29.8 Å². The summed E-state index contributed by atoms with van der Waals surface area (Å²) in [5.41, 5.74) is 1.58. The molecule has 120 valence electrons. The van der Waals surface area contributed by atoms with Crippen LogP contribution in [0.15, 0.2) is 29.3 Å². The molecular weight excluding hydrogens is 278 g/mol. The van der Waals surface area contributed by atoms with Crippen molar-refractivity contribution in [2.45, 2.75) is 19.4 Å². The molecule has 0 bridgehead atoms. The zero-order valence-corrected chi connectivity index (χ0v) is 13.5. The summed E-state index contributed by atoms with van der Waals surface area (Å²) in [6.45, 7) is 4.70. The molecule has 1 aromatic rings. The molecule has 22 heavy (non-hydrogen) atoms. The first-order valence-corrected chi connectivity index (χ1v) is 7.91. The monoisotopic (exact) mass is 303 g/mol. The molecule has 0 aliphatic carbocycles. The number of hydrogen-bond donors (Lipinski definition) is 1. The van der Waals surface area contributed by atoms with Crippen LogP contribution in [0.3, 0.4) is 0 Å². The third kappa shape index (κ3) is 3.19. The minimum atomic E-state index is 0.359. The summed E-state index contributed by atoms with van der Waals surface area (Å²) in [5, 5.41) is 3.47. The summed E-state index contributed by atoms with van der Waals surface area (Å²) >= 11 is 0. The molecule has 1 atom stereocenters. The molecule has 2 aliphatic heterocycles. The molecule has 3 rings (SSSR count). The molecule has 1 unspecified atom stereocenters. The van der Waals surface area contributed by atoms with Gasteiger partial charge in [-0.05, 0) is 30.5 Å². The van der Waals surface area contributed by atoms with Gasteiger partial charge >= 0.3 is 0 Å². The van der Waals surface area contributed by atoms with E-state index >= 15 is 0 Å². The van der Waals surface area contributed by atoms with Gasteiger partial charge in [0.05, 0.1) is 13.7 Å². The highest BCUT2D eigenvalue weighted by atomic mass is 16.5. The maximum Gasteiger partial charge on any atom is 0.193 e. The molecule has 1 spiro atoms. The summed E-state index contributed by atoms with van der Waals surface area (Å²) < 4.78 is 10.8. The summed E-state index contributed by atoms with van der Waals surface area (Å²) in [7, 11) is 3.54. The van der Waals surface area contributed by atoms with E-state index in [0.717, 1.165) is 44.6 Å². The van der Waals surface area contributed by atoms with Gasteiger partial charge in [-0.15, -0.1) is 0 Å². The number of likely N-dealkylation sites (tertiary alicyclic amines) is 1. The Morgan fingerprint density at radius 3 is 2.82 bits per heavy atom. The molecule has 0 amide bonds. The summed E-state index contributed by atoms with van der Waals surface area (Å²) in [4.78, 5) is 6.80. The fourth-order valence-corrected chi connectivity index (χ4v) is 3.34. The number of guanidine groups is 1. The Hall–Kier alpha value is -1.75. The van der Waals surface area contributed by atoms with E-state index in [1.165, 1.54) is 18.4 Å². The van der Waals surface area contributed by atoms with Gasteiger partial charge < -0.3 is 19.7 Å². The Labute approximate surface area is 132 Å². The standard InChI is InChI=1S/C17H25N3O2/c1-18-16(19-11-14-3-5-15(21-2)6-4-14)20-9-7-17(12-20)8-10-22-13-17/h3-6H,7-13H2,1-2H3,(H,18,19). The van der Waals surface area contributed by atoms with E-state index in [1.807, 2.05) is 19.2 Å². The van der Waals surface area contributed by atoms with E-state index in [2.05, 4.69) is 27.3 Å². The Kier molecular flexibility index (Phi) is 4.52. The highest BCUT2D eigenvalue weighted by Crippen LogP contribution is 2.38. The molecule has 2 fully saturated rings. The summed E-state index contributed by atoms with van der Waals surface area (Å²) in [6.07, 6.45) is 2.38. The maximum absolute atomic E-state index is 5.60. The second kappa shape index (κ2) is 6.57. The highest BCUT2D eigenvalue weighted by molar-refractivity contribution is 5.80. The third-order valence-corrected chi connectivity index (χ3v) is 4.74. The molecule has 1 N–H and O–H groups in total. The van der Waals surface area contributed by atoms with E-state index in [4.69, 9.17) is 9.47 Å². The van der Waals surface area contributed by atoms with E-state index in [0.29, 0.717) is 5.41 Å². The van der Waals surface area contributed by atoms with Crippen LogP contribution < -0.4 is 10.1 Å². The van der Waals surface area contributed by atoms with Crippen LogP contribution in [0.4, 0.5) is 0 Å². The van der Waals surface area contributed by atoms with Crippen molar-refractivity contribution in [1.82, 2.24) is 10.2 Å². The lowest BCUT2D eigenvalue weighted by Crippen LogP contribution is -2.41. The summed E-state index contributed by atoms with van der Waals surface area (Å²) in [5.74, 6) is 1.87. The number of rotatable bonds is 3. The predicted octanol–water partition coefficient (Wildman–Crippen LogP) is 1.88. The number of benzene rings is 1. The Balaban J connectivity index is 1.56. The lowest BCUT2D eigenvalue weighted by Gasteiger charge is -2.25. The fraction of sp³-hybridized carbons (Fsp3) is 0.588. The molecular formula is C17H25N3O2. The van der Waals surface area contributed by atoms with Gasteiger partial charge in [-0.3, -0.25) is 4.99 Å². The second-order valence-electron chi connectivity index (χ2n) is 6.22. The van der Waals surface area contributed by atoms with Crippen LogP contribution in [-0.4, -0.2) is 51.3 Å². The van der Waals surface area contributed by atoms with Crippen molar-refractivity contribution < 1.29 is 9.47 Å². The number of nitrogens with zero attached hydrogens (tertiary/aromatic N) is 2. The van der Waals surface area contributed by atoms with Crippen LogP contribution in [0.5, 0.6) is 5.75 Å². The molecule has 2 heterocycles. The van der Waals surface area contributed by atoms with Gasteiger partial charge in [0.1, 0.15) is 5.75 Å². The average molecular weight is 303 g/mol. The minimum Gasteiger partial charge on any atom is -0.497 e. The van der Waals surface area contributed by atoms with Crippen molar-refractivity contribution in [2.75, 3.05) is 40.5 Å². The topological polar surface area (TPSA) is 46.1 Å². The largest absolute Gasteiger partial charge is 0.497 e. The van der Waals surface area contributed by atoms with Gasteiger partial charge in [-0.25, -0.2) is 0 Å². The number of methoxy groups -OCH3 is 1. The molecule has 2 saturated heterocycles. The highest BCUT2D eigenvalue weighted by Gasteiger charge is 2.42. The predicted molar refractivity (Wildman–Crippen MR) is 87.3 cm³/mol. The van der Waals surface area contributed by atoms with Crippen LogP contribution in [0.25, 0.3) is 0 Å². The van der Waals surface area contributed by atoms with Crippen LogP contribution in [0.1, 0.15) is 18.4 Å². The molecule has 5 nitrogen and oxygen atoms in total. The molecule has 0 radical (unpaired) electrons. The third-order valence-electron chi connectivity index (χ3n) is 4.74. The van der Waals surface area contributed by atoms with E-state index < -0.39 is 0 Å². The van der Waals surface area contributed by atoms with Gasteiger partial charge in [-0.1, -0.05) is 12.1 Å². The quantitative estimate of drug-likeness (QED) is 0.684. The Morgan fingerprint density at radius 2 is 2.18 bits per heavy atom. The van der Waals surface area contributed by atoms with Crippen molar-refractivity contribution in [2.24, 2.45) is 10.4 Å². The smallest absolute Gasteiger partial charge is 0.193 e. The van der Waals surface area contributed by atoms with Gasteiger partial charge in [0.25, 0.3) is 0 Å². The van der Waals surface area contributed by atoms with Crippen LogP contribution in [-0.2, 0) is 11.3 Å². The molecule has 5 heteroatoms. The zero-order chi connectivity index (χ0) is 15.4. The van der Waals surface area contributed by atoms with E-state index in [9.17, 15) is 0 Å². The van der Waals surface area contributed by atoms with Gasteiger partial charge in [0.15, 0.2) is 5.96 Å². The number of hydrogen-bond acceptors (Lipinski definition) is 3. The SMILES string of the molecule is CN=C(NCc1ccc(OC)cc1)N1CCC2(CCOC2)C1. The summed E-state index contributed by atoms with van der Waals surface area (Å²) in [6, 6.07) is 8.13. The normalized spacial score (nSPS) is 25.0. The number of aliphatic imine (C=N–C) groups is 1. The van der Waals surface area contributed by atoms with Crippen LogP contribution >= 0.6 is 0 Å². The van der Waals surface area contributed by atoms with E-state index in [1.54, 1.807) is 7.11 Å². The average Bonchev–Trinajstić information content (AvgIpc) is 3.19. The Morgan fingerprint density at radius 1 is 1.36 bits per heavy atom. The van der Waals surface area contributed by atoms with Crippen molar-refractivity contribution in [3.8, 4) is 5.75 Å². The minimum absolute atomic E-state index is 0.359. The Bertz CT molecular complexity index is 521. The van der Waals surface area contributed by atoms with Gasteiger partial charge in [0, 0.05) is 38.7 Å². The van der Waals surface area contributed by atoms with Crippen molar-refractivity contribution >= 4 is 5.96 Å². The first-order chi connectivity index (χ1) is 10.7. The van der Waals surface area contributed by atoms with E-state index in [-0.39, 0.29) is 0 Å². The second-order valence-corrected chi connectivity index (χ2v) is 6.22. The maximum atomic E-state index is 5.60. The number of ether oxygens (including phenoxy) is 2. The van der Waals surface area contributed by atoms with Crippen LogP contribution in [0, 0.1) is 5.41 Å². The number of nitrogens with one attached hydrogen (secondary N) is 1. The fourth-order valence-electron chi connectivity index (χ4n) is 3.34. The lowest BCUT2D eigenvalue weighted by atomic mass is 9.87. The first kappa shape index (κ1) is 15.2. The molecule has 0 saturated carbocycles. The van der Waals surface area contributed by atoms with Crippen LogP contribution in [0.2, 0.25) is 0 Å². The first-order valence-electron chi connectivity index (χ1n) is 7.91. The molecule has 2 aliphatic rings. The van der Waals surface area contributed by atoms with Crippen molar-refractivity contribution in [3.63, 3.8) is 0 Å². The van der Waals surface area contributed by atoms with Crippen molar-refractivity contribution in [1.29, 1.82) is 0 Å². The lowest BCUT2D eigenvalue weighted by molar-refractivity contribution is 0.156.